The second-order valence-corrected chi connectivity index (χ2v) is 10.2. The Morgan fingerprint density at radius 1 is 1.20 bits per heavy atom. The summed E-state index contributed by atoms with van der Waals surface area (Å²) in [5.41, 5.74) is 0. The molecule has 1 N–H and O–H groups in total. The Balaban J connectivity index is 1.89. The third kappa shape index (κ3) is 4.16. The number of rotatable bonds is 5. The molecule has 0 spiro atoms. The van der Waals surface area contributed by atoms with Gasteiger partial charge in [0.1, 0.15) is 0 Å². The first-order valence-corrected chi connectivity index (χ1v) is 10.6. The van der Waals surface area contributed by atoms with Crippen LogP contribution < -0.4 is 5.32 Å². The monoisotopic (exact) mass is 324 g/mol. The van der Waals surface area contributed by atoms with Gasteiger partial charge >= 0.3 is 0 Å². The first kappa shape index (κ1) is 16.2. The van der Waals surface area contributed by atoms with Gasteiger partial charge in [0.15, 0.2) is 9.84 Å². The highest BCUT2D eigenvalue weighted by molar-refractivity contribution is 7.92. The summed E-state index contributed by atoms with van der Waals surface area (Å²) in [5.74, 6) is 0.666. The average Bonchev–Trinajstić information content (AvgIpc) is 2.77. The number of hydrogen-bond donors (Lipinski definition) is 1. The maximum absolute atomic E-state index is 12.3. The highest BCUT2D eigenvalue weighted by Crippen LogP contribution is 2.22. The van der Waals surface area contributed by atoms with Crippen LogP contribution in [0.3, 0.4) is 0 Å². The Kier molecular flexibility index (Phi) is 5.09. The smallest absolute Gasteiger partial charge is 0.214 e. The molecule has 20 heavy (non-hydrogen) atoms. The Bertz CT molecular complexity index is 524. The van der Waals surface area contributed by atoms with Gasteiger partial charge in [0.2, 0.25) is 10.0 Å². The van der Waals surface area contributed by atoms with Gasteiger partial charge in [-0.25, -0.2) is 21.1 Å². The molecule has 0 radical (unpaired) electrons. The second-order valence-electron chi connectivity index (χ2n) is 5.87. The standard InChI is InChI=1S/C12H24N2O4S2/c1-14(12-5-8-19(15,16)10-12)20(17,18)9-4-11-2-6-13-7-3-11/h11-13H,2-10H2,1H3. The minimum Gasteiger partial charge on any atom is -0.317 e. The summed E-state index contributed by atoms with van der Waals surface area (Å²) in [5, 5.41) is 3.26. The van der Waals surface area contributed by atoms with E-state index in [4.69, 9.17) is 0 Å². The van der Waals surface area contributed by atoms with Crippen molar-refractivity contribution in [2.24, 2.45) is 5.92 Å². The van der Waals surface area contributed by atoms with E-state index in [0.717, 1.165) is 25.9 Å². The topological polar surface area (TPSA) is 83.6 Å². The first-order chi connectivity index (χ1) is 9.30. The molecule has 2 rings (SSSR count). The Labute approximate surface area is 121 Å². The summed E-state index contributed by atoms with van der Waals surface area (Å²) in [6.07, 6.45) is 3.15. The molecule has 2 heterocycles. The van der Waals surface area contributed by atoms with E-state index in [9.17, 15) is 16.8 Å². The van der Waals surface area contributed by atoms with Crippen molar-refractivity contribution in [2.45, 2.75) is 31.7 Å². The summed E-state index contributed by atoms with van der Waals surface area (Å²) in [6.45, 7) is 1.92. The molecule has 1 unspecified atom stereocenters. The number of piperidine rings is 1. The van der Waals surface area contributed by atoms with Gasteiger partial charge in [0, 0.05) is 13.1 Å². The van der Waals surface area contributed by atoms with E-state index in [1.807, 2.05) is 0 Å². The quantitative estimate of drug-likeness (QED) is 0.759. The zero-order valence-corrected chi connectivity index (χ0v) is 13.5. The van der Waals surface area contributed by atoms with Gasteiger partial charge in [0.05, 0.1) is 17.3 Å². The maximum atomic E-state index is 12.3. The van der Waals surface area contributed by atoms with Crippen molar-refractivity contribution in [3.8, 4) is 0 Å². The van der Waals surface area contributed by atoms with Crippen LogP contribution in [0.25, 0.3) is 0 Å². The molecule has 1 atom stereocenters. The Hall–Kier alpha value is -0.180. The summed E-state index contributed by atoms with van der Waals surface area (Å²) >= 11 is 0. The molecule has 0 amide bonds. The van der Waals surface area contributed by atoms with Gasteiger partial charge in [0.25, 0.3) is 0 Å². The number of nitrogens with one attached hydrogen (secondary N) is 1. The molecule has 0 aromatic rings. The minimum absolute atomic E-state index is 0.0317. The van der Waals surface area contributed by atoms with Crippen LogP contribution in [0.5, 0.6) is 0 Å². The van der Waals surface area contributed by atoms with E-state index in [-0.39, 0.29) is 23.3 Å². The van der Waals surface area contributed by atoms with Gasteiger partial charge in [-0.1, -0.05) is 0 Å². The van der Waals surface area contributed by atoms with E-state index in [1.54, 1.807) is 0 Å². The van der Waals surface area contributed by atoms with Crippen LogP contribution in [0.4, 0.5) is 0 Å². The summed E-state index contributed by atoms with van der Waals surface area (Å²) in [4.78, 5) is 0. The molecule has 0 aliphatic carbocycles. The lowest BCUT2D eigenvalue weighted by molar-refractivity contribution is 0.356. The van der Waals surface area contributed by atoms with Gasteiger partial charge < -0.3 is 5.32 Å². The highest BCUT2D eigenvalue weighted by Gasteiger charge is 2.35. The van der Waals surface area contributed by atoms with Gasteiger partial charge in [-0.05, 0) is 44.7 Å². The molecular weight excluding hydrogens is 300 g/mol. The molecule has 0 saturated carbocycles. The summed E-state index contributed by atoms with van der Waals surface area (Å²) in [6, 6.07) is -0.377. The largest absolute Gasteiger partial charge is 0.317 e. The van der Waals surface area contributed by atoms with Crippen LogP contribution in [-0.2, 0) is 19.9 Å². The molecule has 8 heteroatoms. The fourth-order valence-corrected chi connectivity index (χ4v) is 6.34. The number of nitrogens with zero attached hydrogens (tertiary/aromatic N) is 1. The summed E-state index contributed by atoms with van der Waals surface area (Å²) < 4.78 is 48.8. The maximum Gasteiger partial charge on any atom is 0.214 e. The molecule has 0 bridgehead atoms. The SMILES string of the molecule is CN(C1CCS(=O)(=O)C1)S(=O)(=O)CCC1CCNCC1. The van der Waals surface area contributed by atoms with E-state index < -0.39 is 19.9 Å². The van der Waals surface area contributed by atoms with Gasteiger partial charge in [-0.3, -0.25) is 0 Å². The number of sulfonamides is 1. The van der Waals surface area contributed by atoms with Gasteiger partial charge in [-0.2, -0.15) is 0 Å². The molecule has 2 aliphatic heterocycles. The van der Waals surface area contributed by atoms with Crippen molar-refractivity contribution in [1.29, 1.82) is 0 Å². The highest BCUT2D eigenvalue weighted by atomic mass is 32.2. The van der Waals surface area contributed by atoms with Crippen LogP contribution >= 0.6 is 0 Å². The fraction of sp³-hybridized carbons (Fsp3) is 1.00. The second kappa shape index (κ2) is 6.29. The van der Waals surface area contributed by atoms with Crippen LogP contribution in [0.15, 0.2) is 0 Å². The third-order valence-corrected chi connectivity index (χ3v) is 8.08. The molecular formula is C12H24N2O4S2. The van der Waals surface area contributed by atoms with Crippen molar-refractivity contribution in [3.05, 3.63) is 0 Å². The summed E-state index contributed by atoms with van der Waals surface area (Å²) in [7, 11) is -4.88. The van der Waals surface area contributed by atoms with E-state index in [0.29, 0.717) is 18.8 Å². The lowest BCUT2D eigenvalue weighted by atomic mass is 9.96. The van der Waals surface area contributed by atoms with Crippen molar-refractivity contribution >= 4 is 19.9 Å². The third-order valence-electron chi connectivity index (χ3n) is 4.40. The van der Waals surface area contributed by atoms with Crippen LogP contribution in [-0.4, -0.2) is 64.6 Å². The van der Waals surface area contributed by atoms with Gasteiger partial charge in [-0.15, -0.1) is 0 Å². The minimum atomic E-state index is -3.34. The predicted molar refractivity (Wildman–Crippen MR) is 78.8 cm³/mol. The van der Waals surface area contributed by atoms with Crippen molar-refractivity contribution < 1.29 is 16.8 Å². The zero-order chi connectivity index (χ0) is 14.8. The van der Waals surface area contributed by atoms with Crippen molar-refractivity contribution in [2.75, 3.05) is 37.4 Å². The van der Waals surface area contributed by atoms with E-state index in [1.165, 1.54) is 11.4 Å². The van der Waals surface area contributed by atoms with Crippen LogP contribution in [0, 0.1) is 5.92 Å². The van der Waals surface area contributed by atoms with E-state index >= 15 is 0 Å². The Morgan fingerprint density at radius 3 is 2.40 bits per heavy atom. The fourth-order valence-electron chi connectivity index (χ4n) is 2.92. The lowest BCUT2D eigenvalue weighted by Gasteiger charge is -2.26. The van der Waals surface area contributed by atoms with E-state index in [2.05, 4.69) is 5.32 Å². The molecule has 2 fully saturated rings. The molecule has 2 aliphatic rings. The number of hydrogen-bond acceptors (Lipinski definition) is 5. The van der Waals surface area contributed by atoms with Crippen molar-refractivity contribution in [3.63, 3.8) is 0 Å². The van der Waals surface area contributed by atoms with Crippen LogP contribution in [0.2, 0.25) is 0 Å². The molecule has 0 aromatic carbocycles. The number of sulfone groups is 1. The molecule has 0 aromatic heterocycles. The lowest BCUT2D eigenvalue weighted by Crippen LogP contribution is -2.40. The predicted octanol–water partition coefficient (Wildman–Crippen LogP) is -0.175. The van der Waals surface area contributed by atoms with Crippen LogP contribution in [0.1, 0.15) is 25.7 Å². The zero-order valence-electron chi connectivity index (χ0n) is 11.9. The Morgan fingerprint density at radius 2 is 1.85 bits per heavy atom. The molecule has 2 saturated heterocycles. The molecule has 6 nitrogen and oxygen atoms in total. The average molecular weight is 324 g/mol. The van der Waals surface area contributed by atoms with Crippen molar-refractivity contribution in [1.82, 2.24) is 9.62 Å². The first-order valence-electron chi connectivity index (χ1n) is 7.17. The molecule has 118 valence electrons. The normalized spacial score (nSPS) is 28.0.